The molecule has 3 rings (SSSR count). The number of carbonyl (C=O) groups excluding carboxylic acids is 1. The van der Waals surface area contributed by atoms with Gasteiger partial charge in [0, 0.05) is 29.8 Å². The molecule has 1 aromatic carbocycles. The highest BCUT2D eigenvalue weighted by Gasteiger charge is 2.32. The lowest BCUT2D eigenvalue weighted by Gasteiger charge is -2.25. The van der Waals surface area contributed by atoms with Crippen molar-refractivity contribution in [2.45, 2.75) is 33.6 Å². The summed E-state index contributed by atoms with van der Waals surface area (Å²) >= 11 is 0. The highest BCUT2D eigenvalue weighted by Crippen LogP contribution is 2.26. The number of pyridine rings is 1. The van der Waals surface area contributed by atoms with Gasteiger partial charge in [-0.05, 0) is 43.0 Å². The van der Waals surface area contributed by atoms with Crippen LogP contribution >= 0.6 is 0 Å². The zero-order valence-electron chi connectivity index (χ0n) is 16.1. The van der Waals surface area contributed by atoms with Gasteiger partial charge in [-0.25, -0.2) is 4.79 Å². The molecule has 2 aromatic rings. The van der Waals surface area contributed by atoms with Gasteiger partial charge in [-0.1, -0.05) is 39.0 Å². The maximum atomic E-state index is 12.5. The van der Waals surface area contributed by atoms with Crippen LogP contribution in [0.25, 0.3) is 11.3 Å². The second-order valence-electron chi connectivity index (χ2n) is 8.26. The van der Waals surface area contributed by atoms with Gasteiger partial charge in [0.05, 0.1) is 11.3 Å². The first-order valence-electron chi connectivity index (χ1n) is 9.33. The Hall–Kier alpha value is -2.69. The first kappa shape index (κ1) is 19.1. The molecule has 0 bridgehead atoms. The van der Waals surface area contributed by atoms with Gasteiger partial charge in [-0.3, -0.25) is 9.78 Å². The van der Waals surface area contributed by atoms with Crippen molar-refractivity contribution in [2.24, 2.45) is 11.3 Å². The van der Waals surface area contributed by atoms with E-state index in [2.05, 4.69) is 0 Å². The van der Waals surface area contributed by atoms with Crippen molar-refractivity contribution in [3.8, 4) is 11.3 Å². The van der Waals surface area contributed by atoms with Crippen LogP contribution in [-0.4, -0.2) is 40.0 Å². The topological polar surface area (TPSA) is 70.5 Å². The van der Waals surface area contributed by atoms with Gasteiger partial charge in [-0.2, -0.15) is 0 Å². The molecule has 1 atom stereocenters. The molecule has 2 heterocycles. The first-order chi connectivity index (χ1) is 12.7. The molecule has 5 nitrogen and oxygen atoms in total. The number of hydrogen-bond donors (Lipinski definition) is 1. The fraction of sp³-hybridized carbons (Fsp3) is 0.409. The molecule has 1 aromatic heterocycles. The van der Waals surface area contributed by atoms with Crippen LogP contribution in [0, 0.1) is 11.3 Å². The average Bonchev–Trinajstić information content (AvgIpc) is 3.09. The summed E-state index contributed by atoms with van der Waals surface area (Å²) in [4.78, 5) is 30.3. The van der Waals surface area contributed by atoms with Crippen molar-refractivity contribution < 1.29 is 14.7 Å². The van der Waals surface area contributed by atoms with Gasteiger partial charge in [0.2, 0.25) is 5.91 Å². The van der Waals surface area contributed by atoms with Crippen LogP contribution in [0.15, 0.2) is 42.5 Å². The molecule has 27 heavy (non-hydrogen) atoms. The third-order valence-electron chi connectivity index (χ3n) is 4.92. The normalized spacial score (nSPS) is 17.1. The molecule has 0 saturated carbocycles. The third kappa shape index (κ3) is 4.54. The zero-order valence-corrected chi connectivity index (χ0v) is 16.1. The van der Waals surface area contributed by atoms with Crippen LogP contribution in [0.1, 0.15) is 43.2 Å². The van der Waals surface area contributed by atoms with Crippen molar-refractivity contribution in [3.05, 3.63) is 53.7 Å². The minimum Gasteiger partial charge on any atom is -0.478 e. The number of carbonyl (C=O) groups is 2. The van der Waals surface area contributed by atoms with Gasteiger partial charge in [0.25, 0.3) is 0 Å². The van der Waals surface area contributed by atoms with Gasteiger partial charge in [0.15, 0.2) is 0 Å². The Labute approximate surface area is 160 Å². The van der Waals surface area contributed by atoms with E-state index < -0.39 is 5.97 Å². The summed E-state index contributed by atoms with van der Waals surface area (Å²) in [6.45, 7) is 7.45. The predicted molar refractivity (Wildman–Crippen MR) is 104 cm³/mol. The molecule has 0 spiro atoms. The number of rotatable bonds is 4. The number of carboxylic acids is 1. The largest absolute Gasteiger partial charge is 0.478 e. The van der Waals surface area contributed by atoms with E-state index in [4.69, 9.17) is 4.98 Å². The molecule has 1 aliphatic heterocycles. The second kappa shape index (κ2) is 7.51. The van der Waals surface area contributed by atoms with Crippen LogP contribution in [0.4, 0.5) is 0 Å². The summed E-state index contributed by atoms with van der Waals surface area (Å²) in [5.74, 6) is -0.329. The molecule has 5 heteroatoms. The van der Waals surface area contributed by atoms with E-state index in [9.17, 15) is 14.7 Å². The van der Waals surface area contributed by atoms with Crippen LogP contribution in [0.2, 0.25) is 0 Å². The molecule has 1 aliphatic rings. The van der Waals surface area contributed by atoms with Crippen LogP contribution in [0.5, 0.6) is 0 Å². The lowest BCUT2D eigenvalue weighted by atomic mass is 9.95. The van der Waals surface area contributed by atoms with Gasteiger partial charge in [-0.15, -0.1) is 0 Å². The second-order valence-corrected chi connectivity index (χ2v) is 8.26. The molecule has 1 N–H and O–H groups in total. The average molecular weight is 366 g/mol. The maximum absolute atomic E-state index is 12.5. The van der Waals surface area contributed by atoms with E-state index in [-0.39, 0.29) is 16.9 Å². The number of benzene rings is 1. The number of amides is 1. The predicted octanol–water partition coefficient (Wildman–Crippen LogP) is 3.88. The fourth-order valence-corrected chi connectivity index (χ4v) is 3.52. The number of aromatic carboxylic acids is 1. The summed E-state index contributed by atoms with van der Waals surface area (Å²) in [5, 5.41) is 9.17. The number of likely N-dealkylation sites (tertiary alicyclic amines) is 1. The summed E-state index contributed by atoms with van der Waals surface area (Å²) in [5.41, 5.74) is 2.46. The van der Waals surface area contributed by atoms with Gasteiger partial charge < -0.3 is 10.0 Å². The number of aromatic nitrogens is 1. The van der Waals surface area contributed by atoms with E-state index >= 15 is 0 Å². The lowest BCUT2D eigenvalue weighted by Crippen LogP contribution is -2.38. The monoisotopic (exact) mass is 366 g/mol. The van der Waals surface area contributed by atoms with Crippen molar-refractivity contribution in [2.75, 3.05) is 13.1 Å². The SMILES string of the molecule is CC(C)(C)C(=O)N1CC[C@@H](Cc2cccc(-c3cccc(C(=O)O)c3)n2)C1. The van der Waals surface area contributed by atoms with Crippen molar-refractivity contribution >= 4 is 11.9 Å². The maximum Gasteiger partial charge on any atom is 0.335 e. The van der Waals surface area contributed by atoms with Crippen molar-refractivity contribution in [1.82, 2.24) is 9.88 Å². The molecule has 1 fully saturated rings. The van der Waals surface area contributed by atoms with Gasteiger partial charge >= 0.3 is 5.97 Å². The summed E-state index contributed by atoms with van der Waals surface area (Å²) in [6.07, 6.45) is 1.81. The summed E-state index contributed by atoms with van der Waals surface area (Å²) in [7, 11) is 0. The standard InChI is InChI=1S/C22H26N2O3/c1-22(2,3)21(27)24-11-10-15(14-24)12-18-8-5-9-19(23-18)16-6-4-7-17(13-16)20(25)26/h4-9,13,15H,10-12,14H2,1-3H3,(H,25,26)/t15-/m0/s1. The Bertz CT molecular complexity index is 855. The number of hydrogen-bond acceptors (Lipinski definition) is 3. The van der Waals surface area contributed by atoms with E-state index in [0.29, 0.717) is 5.92 Å². The Kier molecular flexibility index (Phi) is 5.31. The molecular formula is C22H26N2O3. The Balaban J connectivity index is 1.71. The van der Waals surface area contributed by atoms with Crippen LogP contribution < -0.4 is 0 Å². The van der Waals surface area contributed by atoms with Crippen LogP contribution in [-0.2, 0) is 11.2 Å². The minimum atomic E-state index is -0.942. The first-order valence-corrected chi connectivity index (χ1v) is 9.33. The third-order valence-corrected chi connectivity index (χ3v) is 4.92. The van der Waals surface area contributed by atoms with E-state index in [1.807, 2.05) is 49.9 Å². The Morgan fingerprint density at radius 2 is 1.93 bits per heavy atom. The molecule has 0 unspecified atom stereocenters. The van der Waals surface area contributed by atoms with E-state index in [0.717, 1.165) is 42.9 Å². The molecule has 0 aliphatic carbocycles. The molecule has 142 valence electrons. The highest BCUT2D eigenvalue weighted by molar-refractivity contribution is 5.89. The van der Waals surface area contributed by atoms with Crippen molar-refractivity contribution in [3.63, 3.8) is 0 Å². The molecular weight excluding hydrogens is 340 g/mol. The summed E-state index contributed by atoms with van der Waals surface area (Å²) in [6, 6.07) is 12.7. The molecule has 0 radical (unpaired) electrons. The van der Waals surface area contributed by atoms with Crippen LogP contribution in [0.3, 0.4) is 0 Å². The minimum absolute atomic E-state index is 0.206. The smallest absolute Gasteiger partial charge is 0.335 e. The molecule has 1 saturated heterocycles. The zero-order chi connectivity index (χ0) is 19.6. The number of nitrogens with zero attached hydrogens (tertiary/aromatic N) is 2. The van der Waals surface area contributed by atoms with Gasteiger partial charge in [0.1, 0.15) is 0 Å². The fourth-order valence-electron chi connectivity index (χ4n) is 3.52. The van der Waals surface area contributed by atoms with E-state index in [1.54, 1.807) is 18.2 Å². The quantitative estimate of drug-likeness (QED) is 0.891. The highest BCUT2D eigenvalue weighted by atomic mass is 16.4. The number of carboxylic acid groups (broad SMARTS) is 1. The molecule has 1 amide bonds. The van der Waals surface area contributed by atoms with Crippen molar-refractivity contribution in [1.29, 1.82) is 0 Å². The summed E-state index contributed by atoms with van der Waals surface area (Å²) < 4.78 is 0. The van der Waals surface area contributed by atoms with E-state index in [1.165, 1.54) is 0 Å². The Morgan fingerprint density at radius 3 is 2.63 bits per heavy atom. The Morgan fingerprint density at radius 1 is 1.19 bits per heavy atom. The lowest BCUT2D eigenvalue weighted by molar-refractivity contribution is -0.138.